The molecule has 5 heteroatoms. The number of nitrogens with two attached hydrogens (primary N) is 1. The fourth-order valence-electron chi connectivity index (χ4n) is 1.37. The summed E-state index contributed by atoms with van der Waals surface area (Å²) < 4.78 is 4.97. The number of carbonyl (C=O) groups excluding carboxylic acids is 1. The summed E-state index contributed by atoms with van der Waals surface area (Å²) in [5, 5.41) is 8.59. The Bertz CT molecular complexity index is 292. The van der Waals surface area contributed by atoms with Gasteiger partial charge in [0.05, 0.1) is 19.1 Å². The highest BCUT2D eigenvalue weighted by Crippen LogP contribution is 2.20. The first-order valence-electron chi connectivity index (χ1n) is 6.22. The molecule has 0 fully saturated rings. The molecule has 18 heavy (non-hydrogen) atoms. The van der Waals surface area contributed by atoms with Crippen molar-refractivity contribution >= 4 is 5.91 Å². The van der Waals surface area contributed by atoms with E-state index in [1.54, 1.807) is 12.0 Å². The van der Waals surface area contributed by atoms with Gasteiger partial charge >= 0.3 is 0 Å². The van der Waals surface area contributed by atoms with E-state index in [1.807, 2.05) is 26.8 Å². The number of amides is 1. The Kier molecular flexibility index (Phi) is 7.56. The van der Waals surface area contributed by atoms with Crippen LogP contribution in [0.2, 0.25) is 0 Å². The molecule has 2 N–H and O–H groups in total. The molecule has 1 atom stereocenters. The van der Waals surface area contributed by atoms with Crippen molar-refractivity contribution in [3.63, 3.8) is 0 Å². The van der Waals surface area contributed by atoms with Crippen molar-refractivity contribution in [3.05, 3.63) is 0 Å². The highest BCUT2D eigenvalue weighted by atomic mass is 16.5. The molecular weight excluding hydrogens is 230 g/mol. The van der Waals surface area contributed by atoms with Crippen molar-refractivity contribution in [2.45, 2.75) is 39.7 Å². The number of nitriles is 1. The molecule has 104 valence electrons. The minimum Gasteiger partial charge on any atom is -0.383 e. The number of nitrogens with zero attached hydrogens (tertiary/aromatic N) is 2. The molecule has 0 aromatic rings. The molecule has 0 spiro atoms. The molecule has 0 radical (unpaired) electrons. The van der Waals surface area contributed by atoms with Gasteiger partial charge in [0.15, 0.2) is 0 Å². The van der Waals surface area contributed by atoms with Crippen LogP contribution in [-0.2, 0) is 9.53 Å². The molecule has 0 saturated heterocycles. The second-order valence-corrected chi connectivity index (χ2v) is 5.46. The first-order chi connectivity index (χ1) is 8.32. The van der Waals surface area contributed by atoms with Crippen LogP contribution in [0.25, 0.3) is 0 Å². The molecule has 5 nitrogen and oxygen atoms in total. The zero-order valence-electron chi connectivity index (χ0n) is 11.9. The van der Waals surface area contributed by atoms with Crippen LogP contribution >= 0.6 is 0 Å². The van der Waals surface area contributed by atoms with Gasteiger partial charge in [0.2, 0.25) is 5.91 Å². The van der Waals surface area contributed by atoms with Gasteiger partial charge in [-0.3, -0.25) is 4.79 Å². The van der Waals surface area contributed by atoms with E-state index in [2.05, 4.69) is 0 Å². The fraction of sp³-hybridized carbons (Fsp3) is 0.846. The Balaban J connectivity index is 4.41. The smallest absolute Gasteiger partial charge is 0.224 e. The van der Waals surface area contributed by atoms with E-state index in [9.17, 15) is 4.79 Å². The van der Waals surface area contributed by atoms with Crippen molar-refractivity contribution in [1.29, 1.82) is 5.26 Å². The standard InChI is InChI=1S/C13H25N3O2/c1-13(2,3)11(15)10-12(17)16(7-5-6-14)8-9-18-4/h11H,5,7-10,15H2,1-4H3. The van der Waals surface area contributed by atoms with Crippen molar-refractivity contribution in [3.8, 4) is 6.07 Å². The zero-order valence-corrected chi connectivity index (χ0v) is 11.9. The molecule has 0 saturated carbocycles. The van der Waals surface area contributed by atoms with E-state index in [-0.39, 0.29) is 17.4 Å². The van der Waals surface area contributed by atoms with Gasteiger partial charge in [-0.2, -0.15) is 5.26 Å². The van der Waals surface area contributed by atoms with Crippen molar-refractivity contribution < 1.29 is 9.53 Å². The van der Waals surface area contributed by atoms with Gasteiger partial charge in [0, 0.05) is 32.7 Å². The summed E-state index contributed by atoms with van der Waals surface area (Å²) in [6, 6.07) is 1.86. The summed E-state index contributed by atoms with van der Waals surface area (Å²) in [4.78, 5) is 13.7. The average molecular weight is 255 g/mol. The Morgan fingerprint density at radius 2 is 2.06 bits per heavy atom. The van der Waals surface area contributed by atoms with E-state index in [1.165, 1.54) is 0 Å². The Hall–Kier alpha value is -1.12. The number of hydrogen-bond acceptors (Lipinski definition) is 4. The Morgan fingerprint density at radius 3 is 2.50 bits per heavy atom. The third kappa shape index (κ3) is 6.58. The number of rotatable bonds is 7. The van der Waals surface area contributed by atoms with E-state index in [4.69, 9.17) is 15.7 Å². The molecule has 0 aromatic carbocycles. The number of methoxy groups -OCH3 is 1. The lowest BCUT2D eigenvalue weighted by molar-refractivity contribution is -0.132. The highest BCUT2D eigenvalue weighted by Gasteiger charge is 2.25. The van der Waals surface area contributed by atoms with Crippen molar-refractivity contribution in [1.82, 2.24) is 4.90 Å². The Morgan fingerprint density at radius 1 is 1.44 bits per heavy atom. The molecule has 0 aliphatic carbocycles. The highest BCUT2D eigenvalue weighted by molar-refractivity contribution is 5.77. The molecule has 0 aliphatic rings. The first kappa shape index (κ1) is 16.9. The minimum atomic E-state index is -0.183. The first-order valence-corrected chi connectivity index (χ1v) is 6.22. The van der Waals surface area contributed by atoms with Gasteiger partial charge in [0.1, 0.15) is 0 Å². The van der Waals surface area contributed by atoms with Crippen LogP contribution in [0.1, 0.15) is 33.6 Å². The van der Waals surface area contributed by atoms with Gasteiger partial charge in [0.25, 0.3) is 0 Å². The maximum absolute atomic E-state index is 12.1. The SMILES string of the molecule is COCCN(CCC#N)C(=O)CC(N)C(C)(C)C. The van der Waals surface area contributed by atoms with Crippen LogP contribution < -0.4 is 5.73 Å². The van der Waals surface area contributed by atoms with Crippen LogP contribution in [0.3, 0.4) is 0 Å². The molecular formula is C13H25N3O2. The van der Waals surface area contributed by atoms with E-state index in [0.717, 1.165) is 0 Å². The molecule has 1 amide bonds. The summed E-state index contributed by atoms with van der Waals surface area (Å²) >= 11 is 0. The van der Waals surface area contributed by atoms with Gasteiger partial charge in [-0.1, -0.05) is 20.8 Å². The number of carbonyl (C=O) groups is 1. The van der Waals surface area contributed by atoms with Crippen LogP contribution in [0.15, 0.2) is 0 Å². The normalized spacial score (nSPS) is 12.9. The van der Waals surface area contributed by atoms with Crippen LogP contribution in [0.4, 0.5) is 0 Å². The van der Waals surface area contributed by atoms with Crippen molar-refractivity contribution in [2.24, 2.45) is 11.1 Å². The van der Waals surface area contributed by atoms with Crippen molar-refractivity contribution in [2.75, 3.05) is 26.8 Å². The van der Waals surface area contributed by atoms with Gasteiger partial charge in [-0.25, -0.2) is 0 Å². The molecule has 0 heterocycles. The van der Waals surface area contributed by atoms with Gasteiger partial charge in [-0.15, -0.1) is 0 Å². The second kappa shape index (κ2) is 8.06. The summed E-state index contributed by atoms with van der Waals surface area (Å²) in [7, 11) is 1.59. The van der Waals surface area contributed by atoms with Gasteiger partial charge in [-0.05, 0) is 5.41 Å². The van der Waals surface area contributed by atoms with E-state index in [0.29, 0.717) is 32.5 Å². The predicted octanol–water partition coefficient (Wildman–Crippen LogP) is 1.14. The monoisotopic (exact) mass is 255 g/mol. The van der Waals surface area contributed by atoms with E-state index < -0.39 is 0 Å². The summed E-state index contributed by atoms with van der Waals surface area (Å²) in [5.41, 5.74) is 5.90. The van der Waals surface area contributed by atoms with Crippen LogP contribution in [0.5, 0.6) is 0 Å². The average Bonchev–Trinajstić information content (AvgIpc) is 2.27. The summed E-state index contributed by atoms with van der Waals surface area (Å²) in [6.07, 6.45) is 0.638. The Labute approximate surface area is 110 Å². The lowest BCUT2D eigenvalue weighted by atomic mass is 9.85. The molecule has 0 aliphatic heterocycles. The fourth-order valence-corrected chi connectivity index (χ4v) is 1.37. The lowest BCUT2D eigenvalue weighted by Gasteiger charge is -2.29. The maximum Gasteiger partial charge on any atom is 0.224 e. The second-order valence-electron chi connectivity index (χ2n) is 5.46. The third-order valence-electron chi connectivity index (χ3n) is 2.92. The zero-order chi connectivity index (χ0) is 14.2. The molecule has 0 bridgehead atoms. The maximum atomic E-state index is 12.1. The summed E-state index contributed by atoms with van der Waals surface area (Å²) in [5.74, 6) is -0.00951. The number of ether oxygens (including phenoxy) is 1. The number of hydrogen-bond donors (Lipinski definition) is 1. The van der Waals surface area contributed by atoms with Gasteiger partial charge < -0.3 is 15.4 Å². The largest absolute Gasteiger partial charge is 0.383 e. The summed E-state index contributed by atoms with van der Waals surface area (Å²) in [6.45, 7) is 7.46. The van der Waals surface area contributed by atoms with Crippen LogP contribution in [0, 0.1) is 16.7 Å². The molecule has 0 aromatic heterocycles. The third-order valence-corrected chi connectivity index (χ3v) is 2.92. The van der Waals surface area contributed by atoms with E-state index >= 15 is 0 Å². The molecule has 1 unspecified atom stereocenters. The predicted molar refractivity (Wildman–Crippen MR) is 70.7 cm³/mol. The minimum absolute atomic E-state index is 0.00951. The topological polar surface area (TPSA) is 79.3 Å². The van der Waals surface area contributed by atoms with Crippen LogP contribution in [-0.4, -0.2) is 43.7 Å². The molecule has 0 rings (SSSR count). The lowest BCUT2D eigenvalue weighted by Crippen LogP contribution is -2.43. The quantitative estimate of drug-likeness (QED) is 0.739.